The van der Waals surface area contributed by atoms with Gasteiger partial charge in [0.2, 0.25) is 0 Å². The molecular formula is C30H42N6O3. The van der Waals surface area contributed by atoms with Gasteiger partial charge in [-0.25, -0.2) is 14.3 Å². The quantitative estimate of drug-likeness (QED) is 0.506. The fourth-order valence-corrected chi connectivity index (χ4v) is 5.28. The van der Waals surface area contributed by atoms with Crippen LogP contribution in [0.25, 0.3) is 5.65 Å². The van der Waals surface area contributed by atoms with Crippen molar-refractivity contribution in [3.05, 3.63) is 52.3 Å². The molecule has 2 aliphatic rings. The monoisotopic (exact) mass is 534 g/mol. The van der Waals surface area contributed by atoms with Crippen LogP contribution < -0.4 is 10.2 Å². The minimum absolute atomic E-state index is 0.131. The van der Waals surface area contributed by atoms with E-state index in [0.29, 0.717) is 32.7 Å². The average Bonchev–Trinajstić information content (AvgIpc) is 3.18. The van der Waals surface area contributed by atoms with Gasteiger partial charge in [-0.3, -0.25) is 0 Å². The molecule has 9 heteroatoms. The second-order valence-electron chi connectivity index (χ2n) is 12.7. The minimum atomic E-state index is -0.521. The Bertz CT molecular complexity index is 1360. The zero-order valence-electron chi connectivity index (χ0n) is 24.4. The van der Waals surface area contributed by atoms with Gasteiger partial charge in [0.05, 0.1) is 30.3 Å². The number of morpholine rings is 1. The Morgan fingerprint density at radius 2 is 1.85 bits per heavy atom. The van der Waals surface area contributed by atoms with Crippen LogP contribution in [0, 0.1) is 6.92 Å². The molecule has 1 saturated heterocycles. The zero-order chi connectivity index (χ0) is 27.9. The molecule has 9 nitrogen and oxygen atoms in total. The van der Waals surface area contributed by atoms with Gasteiger partial charge in [-0.05, 0) is 71.6 Å². The molecule has 0 bridgehead atoms. The Balaban J connectivity index is 1.53. The SMILES string of the molecule is Cc1nc2c(NC(C)(C)C)cc(N3CCOCC3)nn2c1Cc1cccc2c1CN(C(=O)OC(C)(C)C)CC2. The molecular weight excluding hydrogens is 492 g/mol. The van der Waals surface area contributed by atoms with Gasteiger partial charge < -0.3 is 24.6 Å². The van der Waals surface area contributed by atoms with Crippen LogP contribution in [0.4, 0.5) is 16.3 Å². The molecule has 2 aromatic heterocycles. The molecule has 5 rings (SSSR count). The van der Waals surface area contributed by atoms with Gasteiger partial charge >= 0.3 is 6.09 Å². The highest BCUT2D eigenvalue weighted by Gasteiger charge is 2.28. The summed E-state index contributed by atoms with van der Waals surface area (Å²) in [6.45, 7) is 18.4. The number of amides is 1. The van der Waals surface area contributed by atoms with Crippen LogP contribution in [-0.4, -0.2) is 69.6 Å². The van der Waals surface area contributed by atoms with Crippen LogP contribution >= 0.6 is 0 Å². The summed E-state index contributed by atoms with van der Waals surface area (Å²) in [6, 6.07) is 8.57. The fraction of sp³-hybridized carbons (Fsp3) is 0.567. The van der Waals surface area contributed by atoms with E-state index in [1.54, 1.807) is 0 Å². The number of nitrogens with one attached hydrogen (secondary N) is 1. The van der Waals surface area contributed by atoms with E-state index in [4.69, 9.17) is 19.6 Å². The second-order valence-corrected chi connectivity index (χ2v) is 12.7. The van der Waals surface area contributed by atoms with Gasteiger partial charge in [0.15, 0.2) is 11.5 Å². The first kappa shape index (κ1) is 27.2. The van der Waals surface area contributed by atoms with E-state index in [2.05, 4.69) is 62.2 Å². The Kier molecular flexibility index (Phi) is 7.22. The summed E-state index contributed by atoms with van der Waals surface area (Å²) >= 11 is 0. The van der Waals surface area contributed by atoms with Crippen LogP contribution in [0.3, 0.4) is 0 Å². The largest absolute Gasteiger partial charge is 0.444 e. The van der Waals surface area contributed by atoms with E-state index < -0.39 is 5.60 Å². The molecule has 39 heavy (non-hydrogen) atoms. The first-order valence-electron chi connectivity index (χ1n) is 14.0. The highest BCUT2D eigenvalue weighted by molar-refractivity contribution is 5.73. The van der Waals surface area contributed by atoms with Crippen molar-refractivity contribution in [2.24, 2.45) is 0 Å². The molecule has 210 valence electrons. The number of benzene rings is 1. The molecule has 0 unspecified atom stereocenters. The van der Waals surface area contributed by atoms with E-state index in [9.17, 15) is 4.79 Å². The van der Waals surface area contributed by atoms with E-state index in [-0.39, 0.29) is 11.6 Å². The Morgan fingerprint density at radius 3 is 2.54 bits per heavy atom. The predicted octanol–water partition coefficient (Wildman–Crippen LogP) is 4.97. The lowest BCUT2D eigenvalue weighted by Gasteiger charge is -2.32. The molecule has 0 aliphatic carbocycles. The number of anilines is 2. The van der Waals surface area contributed by atoms with E-state index in [0.717, 1.165) is 48.1 Å². The average molecular weight is 535 g/mol. The number of hydrogen-bond donors (Lipinski definition) is 1. The standard InChI is InChI=1S/C30H42N6O3/c1-20-25(17-22-10-8-9-21-11-12-35(19-23(21)22)28(37)39-30(5,6)7)36-27(31-20)24(32-29(2,3)4)18-26(33-36)34-13-15-38-16-14-34/h8-10,18,32H,11-17,19H2,1-7H3. The normalized spacial score (nSPS) is 16.4. The van der Waals surface area contributed by atoms with Gasteiger partial charge in [0.25, 0.3) is 0 Å². The number of nitrogens with zero attached hydrogens (tertiary/aromatic N) is 5. The Morgan fingerprint density at radius 1 is 1.10 bits per heavy atom. The van der Waals surface area contributed by atoms with Gasteiger partial charge in [-0.2, -0.15) is 0 Å². The number of aromatic nitrogens is 3. The predicted molar refractivity (Wildman–Crippen MR) is 154 cm³/mol. The zero-order valence-corrected chi connectivity index (χ0v) is 24.4. The maximum Gasteiger partial charge on any atom is 0.410 e. The summed E-state index contributed by atoms with van der Waals surface area (Å²) in [5.74, 6) is 0.919. The minimum Gasteiger partial charge on any atom is -0.444 e. The van der Waals surface area contributed by atoms with Crippen molar-refractivity contribution < 1.29 is 14.3 Å². The number of carbonyl (C=O) groups excluding carboxylic acids is 1. The Hall–Kier alpha value is -3.33. The molecule has 1 amide bonds. The van der Waals surface area contributed by atoms with E-state index >= 15 is 0 Å². The number of imidazole rings is 1. The van der Waals surface area contributed by atoms with Gasteiger partial charge in [-0.1, -0.05) is 18.2 Å². The van der Waals surface area contributed by atoms with Crippen LogP contribution in [-0.2, 0) is 28.9 Å². The molecule has 0 saturated carbocycles. The lowest BCUT2D eigenvalue weighted by atomic mass is 9.92. The van der Waals surface area contributed by atoms with Gasteiger partial charge in [-0.15, -0.1) is 5.10 Å². The molecule has 2 aliphatic heterocycles. The molecule has 0 atom stereocenters. The first-order valence-corrected chi connectivity index (χ1v) is 14.0. The third-order valence-electron chi connectivity index (χ3n) is 7.09. The van der Waals surface area contributed by atoms with E-state index in [1.807, 2.05) is 30.2 Å². The van der Waals surface area contributed by atoms with Crippen molar-refractivity contribution in [3.8, 4) is 0 Å². The van der Waals surface area contributed by atoms with Crippen LogP contribution in [0.15, 0.2) is 24.3 Å². The summed E-state index contributed by atoms with van der Waals surface area (Å²) < 4.78 is 13.3. The highest BCUT2D eigenvalue weighted by atomic mass is 16.6. The number of carbonyl (C=O) groups is 1. The number of ether oxygens (including phenoxy) is 2. The third kappa shape index (κ3) is 6.13. The van der Waals surface area contributed by atoms with Crippen molar-refractivity contribution in [1.29, 1.82) is 0 Å². The number of hydrogen-bond acceptors (Lipinski definition) is 7. The number of fused-ring (bicyclic) bond motifs is 2. The molecule has 3 aromatic rings. The topological polar surface area (TPSA) is 84.2 Å². The lowest BCUT2D eigenvalue weighted by molar-refractivity contribution is 0.0223. The first-order chi connectivity index (χ1) is 18.4. The summed E-state index contributed by atoms with van der Waals surface area (Å²) in [5.41, 5.74) is 6.83. The summed E-state index contributed by atoms with van der Waals surface area (Å²) in [5, 5.41) is 8.76. The van der Waals surface area contributed by atoms with Crippen molar-refractivity contribution in [3.63, 3.8) is 0 Å². The Labute approximate surface area is 231 Å². The van der Waals surface area contributed by atoms with Crippen molar-refractivity contribution >= 4 is 23.2 Å². The molecule has 1 fully saturated rings. The van der Waals surface area contributed by atoms with Crippen molar-refractivity contribution in [2.45, 2.75) is 79.0 Å². The van der Waals surface area contributed by atoms with E-state index in [1.165, 1.54) is 16.7 Å². The number of aryl methyl sites for hydroxylation is 1. The summed E-state index contributed by atoms with van der Waals surface area (Å²) in [4.78, 5) is 22.0. The molecule has 4 heterocycles. The summed E-state index contributed by atoms with van der Waals surface area (Å²) in [6.07, 6.45) is 1.23. The smallest absolute Gasteiger partial charge is 0.410 e. The number of rotatable bonds is 4. The molecule has 0 radical (unpaired) electrons. The van der Waals surface area contributed by atoms with Crippen LogP contribution in [0.1, 0.15) is 69.6 Å². The van der Waals surface area contributed by atoms with Crippen LogP contribution in [0.5, 0.6) is 0 Å². The molecule has 1 aromatic carbocycles. The van der Waals surface area contributed by atoms with Gasteiger partial charge in [0.1, 0.15) is 5.60 Å². The summed E-state index contributed by atoms with van der Waals surface area (Å²) in [7, 11) is 0. The van der Waals surface area contributed by atoms with Crippen LogP contribution in [0.2, 0.25) is 0 Å². The molecule has 0 spiro atoms. The third-order valence-corrected chi connectivity index (χ3v) is 7.09. The van der Waals surface area contributed by atoms with Crippen molar-refractivity contribution in [1.82, 2.24) is 19.5 Å². The highest BCUT2D eigenvalue weighted by Crippen LogP contribution is 2.30. The van der Waals surface area contributed by atoms with Gasteiger partial charge in [0, 0.05) is 44.2 Å². The van der Waals surface area contributed by atoms with Crippen molar-refractivity contribution in [2.75, 3.05) is 43.1 Å². The fourth-order valence-electron chi connectivity index (χ4n) is 5.28. The second kappa shape index (κ2) is 10.3. The maximum absolute atomic E-state index is 12.9. The maximum atomic E-state index is 12.9. The lowest BCUT2D eigenvalue weighted by Crippen LogP contribution is -2.40. The molecule has 1 N–H and O–H groups in total.